The van der Waals surface area contributed by atoms with Gasteiger partial charge in [-0.25, -0.2) is 9.97 Å². The van der Waals surface area contributed by atoms with Crippen molar-refractivity contribution in [2.24, 2.45) is 0 Å². The molecule has 1 aromatic carbocycles. The number of aromatic amines is 2. The van der Waals surface area contributed by atoms with E-state index in [2.05, 4.69) is 19.9 Å². The number of nitrogen functional groups attached to an aromatic ring is 1. The maximum absolute atomic E-state index is 12.8. The third kappa shape index (κ3) is 3.31. The van der Waals surface area contributed by atoms with Gasteiger partial charge in [-0.05, 0) is 37.1 Å². The summed E-state index contributed by atoms with van der Waals surface area (Å²) in [5.41, 5.74) is 6.48. The molecule has 1 saturated heterocycles. The highest BCUT2D eigenvalue weighted by atomic mass is 16.2. The zero-order valence-electron chi connectivity index (χ0n) is 14.4. The maximum Gasteiger partial charge on any atom is 0.314 e. The van der Waals surface area contributed by atoms with E-state index < -0.39 is 11.1 Å². The van der Waals surface area contributed by atoms with Crippen molar-refractivity contribution in [1.82, 2.24) is 24.8 Å². The smallest absolute Gasteiger partial charge is 0.314 e. The van der Waals surface area contributed by atoms with Gasteiger partial charge in [0.05, 0.1) is 11.0 Å². The number of rotatable bonds is 2. The van der Waals surface area contributed by atoms with Crippen LogP contribution < -0.4 is 16.9 Å². The Kier molecular flexibility index (Phi) is 4.19. The van der Waals surface area contributed by atoms with E-state index in [1.54, 1.807) is 29.3 Å². The minimum atomic E-state index is -0.739. The molecule has 9 heteroatoms. The van der Waals surface area contributed by atoms with Gasteiger partial charge in [-0.1, -0.05) is 0 Å². The van der Waals surface area contributed by atoms with Crippen molar-refractivity contribution in [1.29, 1.82) is 0 Å². The van der Waals surface area contributed by atoms with E-state index in [1.165, 1.54) is 0 Å². The molecule has 0 radical (unpaired) electrons. The molecule has 4 N–H and O–H groups in total. The van der Waals surface area contributed by atoms with Crippen LogP contribution in [0.5, 0.6) is 0 Å². The molecule has 4 rings (SSSR count). The molecule has 3 heterocycles. The van der Waals surface area contributed by atoms with Crippen molar-refractivity contribution in [3.8, 4) is 0 Å². The van der Waals surface area contributed by atoms with E-state index in [4.69, 9.17) is 5.73 Å². The number of carbonyl (C=O) groups is 1. The van der Waals surface area contributed by atoms with Crippen LogP contribution in [-0.4, -0.2) is 43.8 Å². The number of anilines is 1. The fraction of sp³-hybridized carbons (Fsp3) is 0.278. The van der Waals surface area contributed by atoms with Crippen molar-refractivity contribution in [2.75, 3.05) is 18.8 Å². The highest BCUT2D eigenvalue weighted by Crippen LogP contribution is 2.27. The fourth-order valence-electron chi connectivity index (χ4n) is 3.42. The zero-order chi connectivity index (χ0) is 19.0. The number of hydrogen-bond donors (Lipinski definition) is 3. The lowest BCUT2D eigenvalue weighted by Crippen LogP contribution is -2.38. The summed E-state index contributed by atoms with van der Waals surface area (Å²) < 4.78 is 0. The Bertz CT molecular complexity index is 1130. The van der Waals surface area contributed by atoms with Crippen molar-refractivity contribution < 1.29 is 4.79 Å². The molecule has 0 aliphatic carbocycles. The summed E-state index contributed by atoms with van der Waals surface area (Å²) in [6.45, 7) is 1.21. The Hall–Kier alpha value is -3.49. The first kappa shape index (κ1) is 17.0. The lowest BCUT2D eigenvalue weighted by molar-refractivity contribution is 0.0712. The Labute approximate surface area is 153 Å². The number of likely N-dealkylation sites (tertiary alicyclic amines) is 1. The number of piperidine rings is 1. The second-order valence-electron chi connectivity index (χ2n) is 6.57. The molecule has 0 saturated carbocycles. The number of benzene rings is 1. The van der Waals surface area contributed by atoms with Crippen LogP contribution in [0.25, 0.3) is 11.0 Å². The first-order chi connectivity index (χ1) is 13.0. The van der Waals surface area contributed by atoms with Gasteiger partial charge >= 0.3 is 11.1 Å². The van der Waals surface area contributed by atoms with Crippen LogP contribution in [0, 0.1) is 0 Å². The number of amides is 1. The quantitative estimate of drug-likeness (QED) is 0.568. The van der Waals surface area contributed by atoms with E-state index in [0.717, 1.165) is 18.5 Å². The van der Waals surface area contributed by atoms with Gasteiger partial charge in [0, 0.05) is 36.5 Å². The van der Waals surface area contributed by atoms with Gasteiger partial charge < -0.3 is 20.6 Å². The molecule has 0 unspecified atom stereocenters. The van der Waals surface area contributed by atoms with Crippen molar-refractivity contribution in [2.45, 2.75) is 18.8 Å². The van der Waals surface area contributed by atoms with Crippen LogP contribution in [0.4, 0.5) is 5.95 Å². The molecule has 0 spiro atoms. The van der Waals surface area contributed by atoms with Gasteiger partial charge in [-0.15, -0.1) is 0 Å². The molecular formula is C18H18N6O3. The van der Waals surface area contributed by atoms with E-state index in [0.29, 0.717) is 29.7 Å². The fourth-order valence-corrected chi connectivity index (χ4v) is 3.42. The molecule has 0 atom stereocenters. The number of nitrogens with one attached hydrogen (secondary N) is 2. The van der Waals surface area contributed by atoms with E-state index in [1.807, 2.05) is 6.07 Å². The SMILES string of the molecule is Nc1nccc(C2CCN(C(=O)c3ccc4[nH]c(=O)c(=O)[nH]c4c3)CC2)n1. The van der Waals surface area contributed by atoms with Gasteiger partial charge in [0.15, 0.2) is 0 Å². The lowest BCUT2D eigenvalue weighted by atomic mass is 9.93. The maximum atomic E-state index is 12.8. The average Bonchev–Trinajstić information content (AvgIpc) is 2.68. The predicted molar refractivity (Wildman–Crippen MR) is 99.5 cm³/mol. The van der Waals surface area contributed by atoms with Crippen molar-refractivity contribution in [3.63, 3.8) is 0 Å². The summed E-state index contributed by atoms with van der Waals surface area (Å²) in [5, 5.41) is 0. The van der Waals surface area contributed by atoms with Crippen LogP contribution in [0.1, 0.15) is 34.8 Å². The molecule has 2 aromatic heterocycles. The summed E-state index contributed by atoms with van der Waals surface area (Å²) in [5.74, 6) is 0.399. The third-order valence-electron chi connectivity index (χ3n) is 4.87. The molecule has 3 aromatic rings. The summed E-state index contributed by atoms with van der Waals surface area (Å²) in [4.78, 5) is 50.6. The van der Waals surface area contributed by atoms with Crippen LogP contribution in [-0.2, 0) is 0 Å². The van der Waals surface area contributed by atoms with Crippen LogP contribution >= 0.6 is 0 Å². The number of hydrogen-bond acceptors (Lipinski definition) is 6. The number of carbonyl (C=O) groups excluding carboxylic acids is 1. The number of H-pyrrole nitrogens is 2. The second-order valence-corrected chi connectivity index (χ2v) is 6.57. The molecule has 1 amide bonds. The van der Waals surface area contributed by atoms with E-state index >= 15 is 0 Å². The monoisotopic (exact) mass is 366 g/mol. The van der Waals surface area contributed by atoms with Gasteiger partial charge in [-0.3, -0.25) is 14.4 Å². The molecule has 1 aliphatic heterocycles. The van der Waals surface area contributed by atoms with Crippen LogP contribution in [0.2, 0.25) is 0 Å². The third-order valence-corrected chi connectivity index (χ3v) is 4.87. The largest absolute Gasteiger partial charge is 0.368 e. The molecule has 138 valence electrons. The molecule has 27 heavy (non-hydrogen) atoms. The highest BCUT2D eigenvalue weighted by molar-refractivity contribution is 5.97. The average molecular weight is 366 g/mol. The minimum absolute atomic E-state index is 0.107. The molecule has 1 fully saturated rings. The summed E-state index contributed by atoms with van der Waals surface area (Å²) in [6.07, 6.45) is 3.23. The molecule has 1 aliphatic rings. The van der Waals surface area contributed by atoms with Gasteiger partial charge in [0.25, 0.3) is 5.91 Å². The number of aromatic nitrogens is 4. The summed E-state index contributed by atoms with van der Waals surface area (Å²) >= 11 is 0. The van der Waals surface area contributed by atoms with Gasteiger partial charge in [-0.2, -0.15) is 0 Å². The van der Waals surface area contributed by atoms with Gasteiger partial charge in [0.1, 0.15) is 0 Å². The van der Waals surface area contributed by atoms with Crippen molar-refractivity contribution >= 4 is 22.9 Å². The second kappa shape index (κ2) is 6.67. The number of nitrogens with zero attached hydrogens (tertiary/aromatic N) is 3. The normalized spacial score (nSPS) is 15.2. The Morgan fingerprint density at radius 2 is 1.78 bits per heavy atom. The molecule has 9 nitrogen and oxygen atoms in total. The van der Waals surface area contributed by atoms with Crippen LogP contribution in [0.3, 0.4) is 0 Å². The molecular weight excluding hydrogens is 348 g/mol. The van der Waals surface area contributed by atoms with E-state index in [-0.39, 0.29) is 17.8 Å². The summed E-state index contributed by atoms with van der Waals surface area (Å²) in [6, 6.07) is 6.72. The Morgan fingerprint density at radius 1 is 1.07 bits per heavy atom. The highest BCUT2D eigenvalue weighted by Gasteiger charge is 2.25. The first-order valence-corrected chi connectivity index (χ1v) is 8.65. The molecule has 0 bridgehead atoms. The Morgan fingerprint density at radius 3 is 2.48 bits per heavy atom. The number of nitrogens with two attached hydrogens (primary N) is 1. The first-order valence-electron chi connectivity index (χ1n) is 8.65. The van der Waals surface area contributed by atoms with Crippen LogP contribution in [0.15, 0.2) is 40.1 Å². The standard InChI is InChI=1S/C18H18N6O3/c19-18-20-6-3-12(23-18)10-4-7-24(8-5-10)17(27)11-1-2-13-14(9-11)22-16(26)15(25)21-13/h1-3,6,9-10H,4-5,7-8H2,(H,21,25)(H,22,26)(H2,19,20,23). The number of fused-ring (bicyclic) bond motifs is 1. The zero-order valence-corrected chi connectivity index (χ0v) is 14.4. The van der Waals surface area contributed by atoms with E-state index in [9.17, 15) is 14.4 Å². The Balaban J connectivity index is 1.51. The lowest BCUT2D eigenvalue weighted by Gasteiger charge is -2.31. The topological polar surface area (TPSA) is 138 Å². The van der Waals surface area contributed by atoms with Crippen molar-refractivity contribution in [3.05, 3.63) is 62.4 Å². The minimum Gasteiger partial charge on any atom is -0.368 e. The van der Waals surface area contributed by atoms with Gasteiger partial charge in [0.2, 0.25) is 5.95 Å². The summed E-state index contributed by atoms with van der Waals surface area (Å²) in [7, 11) is 0. The predicted octanol–water partition coefficient (Wildman–Crippen LogP) is 0.608.